The van der Waals surface area contributed by atoms with Gasteiger partial charge in [-0.2, -0.15) is 0 Å². The Hall–Kier alpha value is -0.910. The van der Waals surface area contributed by atoms with Gasteiger partial charge >= 0.3 is 5.97 Å². The Morgan fingerprint density at radius 1 is 1.38 bits per heavy atom. The van der Waals surface area contributed by atoms with Gasteiger partial charge in [-0.25, -0.2) is 0 Å². The molecule has 1 aromatic rings. The van der Waals surface area contributed by atoms with E-state index in [2.05, 4.69) is 26.9 Å². The molecule has 1 aliphatic rings. The number of carboxylic acid groups (broad SMARTS) is 1. The topological polar surface area (TPSA) is 60.8 Å². The standard InChI is InChI=1S/C16H22BrNO3/c1-18(10-13-4-2-3-5-14(13)17)11-16(21)8-6-12(7-9-16)15(19)20/h2-5,12,21H,6-11H2,1H3,(H,19,20). The lowest BCUT2D eigenvalue weighted by Crippen LogP contribution is -2.44. The van der Waals surface area contributed by atoms with Gasteiger partial charge in [0.1, 0.15) is 0 Å². The molecule has 0 unspecified atom stereocenters. The number of aliphatic hydroxyl groups is 1. The number of nitrogens with zero attached hydrogens (tertiary/aromatic N) is 1. The molecule has 0 spiro atoms. The maximum atomic E-state index is 11.0. The van der Waals surface area contributed by atoms with Crippen LogP contribution in [0.5, 0.6) is 0 Å². The number of carboxylic acids is 1. The second kappa shape index (κ2) is 6.90. The number of rotatable bonds is 5. The van der Waals surface area contributed by atoms with Gasteiger partial charge in [0, 0.05) is 17.6 Å². The van der Waals surface area contributed by atoms with E-state index in [0.717, 1.165) is 11.0 Å². The molecule has 4 nitrogen and oxygen atoms in total. The van der Waals surface area contributed by atoms with Crippen LogP contribution in [0.25, 0.3) is 0 Å². The minimum atomic E-state index is -0.762. The number of halogens is 1. The van der Waals surface area contributed by atoms with Crippen LogP contribution in [0.4, 0.5) is 0 Å². The third-order valence-electron chi connectivity index (χ3n) is 4.23. The fourth-order valence-corrected chi connectivity index (χ4v) is 3.45. The second-order valence-electron chi connectivity index (χ2n) is 6.10. The van der Waals surface area contributed by atoms with Crippen LogP contribution in [-0.4, -0.2) is 40.3 Å². The molecule has 5 heteroatoms. The van der Waals surface area contributed by atoms with E-state index in [1.54, 1.807) is 0 Å². The van der Waals surface area contributed by atoms with Crippen molar-refractivity contribution >= 4 is 21.9 Å². The molecule has 1 aromatic carbocycles. The maximum Gasteiger partial charge on any atom is 0.306 e. The third kappa shape index (κ3) is 4.53. The van der Waals surface area contributed by atoms with E-state index in [-0.39, 0.29) is 5.92 Å². The van der Waals surface area contributed by atoms with Crippen LogP contribution in [-0.2, 0) is 11.3 Å². The average molecular weight is 356 g/mol. The van der Waals surface area contributed by atoms with Gasteiger partial charge in [0.05, 0.1) is 11.5 Å². The Bertz CT molecular complexity index is 498. The summed E-state index contributed by atoms with van der Waals surface area (Å²) in [6.45, 7) is 1.33. The molecule has 116 valence electrons. The molecule has 0 bridgehead atoms. The molecular weight excluding hydrogens is 334 g/mol. The van der Waals surface area contributed by atoms with Crippen molar-refractivity contribution in [3.8, 4) is 0 Å². The first-order chi connectivity index (χ1) is 9.89. The lowest BCUT2D eigenvalue weighted by Gasteiger charge is -2.37. The summed E-state index contributed by atoms with van der Waals surface area (Å²) in [4.78, 5) is 13.1. The van der Waals surface area contributed by atoms with E-state index < -0.39 is 11.6 Å². The van der Waals surface area contributed by atoms with Crippen molar-refractivity contribution < 1.29 is 15.0 Å². The van der Waals surface area contributed by atoms with Gasteiger partial charge < -0.3 is 10.2 Å². The predicted octanol–water partition coefficient (Wildman–Crippen LogP) is 2.89. The molecular formula is C16H22BrNO3. The second-order valence-corrected chi connectivity index (χ2v) is 6.95. The molecule has 0 heterocycles. The predicted molar refractivity (Wildman–Crippen MR) is 85.0 cm³/mol. The van der Waals surface area contributed by atoms with Crippen molar-refractivity contribution in [2.24, 2.45) is 5.92 Å². The first kappa shape index (κ1) is 16.5. The first-order valence-corrected chi connectivity index (χ1v) is 8.06. The molecule has 0 aromatic heterocycles. The van der Waals surface area contributed by atoms with Crippen LogP contribution in [0.2, 0.25) is 0 Å². The van der Waals surface area contributed by atoms with Crippen molar-refractivity contribution in [1.82, 2.24) is 4.90 Å². The quantitative estimate of drug-likeness (QED) is 0.852. The van der Waals surface area contributed by atoms with E-state index in [0.29, 0.717) is 32.2 Å². The van der Waals surface area contributed by atoms with Gasteiger partial charge in [-0.15, -0.1) is 0 Å². The van der Waals surface area contributed by atoms with Gasteiger partial charge in [-0.1, -0.05) is 34.1 Å². The number of carbonyl (C=O) groups is 1. The van der Waals surface area contributed by atoms with E-state index in [9.17, 15) is 9.90 Å². The van der Waals surface area contributed by atoms with Crippen LogP contribution in [0, 0.1) is 5.92 Å². The smallest absolute Gasteiger partial charge is 0.306 e. The van der Waals surface area contributed by atoms with E-state index in [1.807, 2.05) is 25.2 Å². The summed E-state index contributed by atoms with van der Waals surface area (Å²) in [5, 5.41) is 19.7. The Labute approximate surface area is 133 Å². The zero-order valence-electron chi connectivity index (χ0n) is 12.3. The Kier molecular flexibility index (Phi) is 5.41. The minimum Gasteiger partial charge on any atom is -0.481 e. The zero-order valence-corrected chi connectivity index (χ0v) is 13.8. The summed E-state index contributed by atoms with van der Waals surface area (Å²) < 4.78 is 1.07. The number of hydrogen-bond acceptors (Lipinski definition) is 3. The van der Waals surface area contributed by atoms with Crippen molar-refractivity contribution in [2.75, 3.05) is 13.6 Å². The summed E-state index contributed by atoms with van der Waals surface area (Å²) >= 11 is 3.53. The van der Waals surface area contributed by atoms with Gasteiger partial charge in [0.15, 0.2) is 0 Å². The molecule has 0 saturated heterocycles. The molecule has 21 heavy (non-hydrogen) atoms. The van der Waals surface area contributed by atoms with E-state index >= 15 is 0 Å². The van der Waals surface area contributed by atoms with Crippen LogP contribution >= 0.6 is 15.9 Å². The fraction of sp³-hybridized carbons (Fsp3) is 0.562. The molecule has 0 aliphatic heterocycles. The molecule has 1 saturated carbocycles. The highest BCUT2D eigenvalue weighted by atomic mass is 79.9. The van der Waals surface area contributed by atoms with Crippen molar-refractivity contribution in [3.63, 3.8) is 0 Å². The van der Waals surface area contributed by atoms with E-state index in [4.69, 9.17) is 5.11 Å². The monoisotopic (exact) mass is 355 g/mol. The fourth-order valence-electron chi connectivity index (χ4n) is 3.04. The molecule has 0 radical (unpaired) electrons. The normalized spacial score (nSPS) is 26.0. The minimum absolute atomic E-state index is 0.293. The van der Waals surface area contributed by atoms with Crippen molar-refractivity contribution in [2.45, 2.75) is 37.8 Å². The van der Waals surface area contributed by atoms with Gasteiger partial charge in [0.25, 0.3) is 0 Å². The highest BCUT2D eigenvalue weighted by molar-refractivity contribution is 9.10. The average Bonchev–Trinajstić information content (AvgIpc) is 2.41. The lowest BCUT2D eigenvalue weighted by atomic mass is 9.78. The molecule has 1 fully saturated rings. The maximum absolute atomic E-state index is 11.0. The molecule has 1 aliphatic carbocycles. The molecule has 2 rings (SSSR count). The summed E-state index contributed by atoms with van der Waals surface area (Å²) in [5.74, 6) is -1.03. The summed E-state index contributed by atoms with van der Waals surface area (Å²) in [5.41, 5.74) is 0.421. The Morgan fingerprint density at radius 2 is 2.00 bits per heavy atom. The molecule has 0 atom stereocenters. The van der Waals surface area contributed by atoms with Crippen molar-refractivity contribution in [1.29, 1.82) is 0 Å². The third-order valence-corrected chi connectivity index (χ3v) is 5.00. The first-order valence-electron chi connectivity index (χ1n) is 7.27. The lowest BCUT2D eigenvalue weighted by molar-refractivity contribution is -0.145. The number of likely N-dealkylation sites (N-methyl/N-ethyl adjacent to an activating group) is 1. The molecule has 2 N–H and O–H groups in total. The summed E-state index contributed by atoms with van der Waals surface area (Å²) in [6.07, 6.45) is 2.25. The van der Waals surface area contributed by atoms with Gasteiger partial charge in [0.2, 0.25) is 0 Å². The largest absolute Gasteiger partial charge is 0.481 e. The zero-order chi connectivity index (χ0) is 15.5. The highest BCUT2D eigenvalue weighted by Gasteiger charge is 2.36. The number of benzene rings is 1. The van der Waals surface area contributed by atoms with Gasteiger partial charge in [-0.05, 0) is 44.4 Å². The van der Waals surface area contributed by atoms with E-state index in [1.165, 1.54) is 5.56 Å². The SMILES string of the molecule is CN(Cc1ccccc1Br)CC1(O)CCC(C(=O)O)CC1. The van der Waals surface area contributed by atoms with Crippen LogP contribution in [0.1, 0.15) is 31.2 Å². The number of hydrogen-bond donors (Lipinski definition) is 2. The van der Waals surface area contributed by atoms with Crippen LogP contribution in [0.3, 0.4) is 0 Å². The Morgan fingerprint density at radius 3 is 2.57 bits per heavy atom. The summed E-state index contributed by atoms with van der Waals surface area (Å²) in [7, 11) is 1.99. The summed E-state index contributed by atoms with van der Waals surface area (Å²) in [6, 6.07) is 8.05. The van der Waals surface area contributed by atoms with Gasteiger partial charge in [-0.3, -0.25) is 9.69 Å². The highest BCUT2D eigenvalue weighted by Crippen LogP contribution is 2.33. The molecule has 0 amide bonds. The van der Waals surface area contributed by atoms with Crippen LogP contribution < -0.4 is 0 Å². The van der Waals surface area contributed by atoms with Crippen molar-refractivity contribution in [3.05, 3.63) is 34.3 Å². The Balaban J connectivity index is 1.89. The number of aliphatic carboxylic acids is 1. The van der Waals surface area contributed by atoms with Crippen LogP contribution in [0.15, 0.2) is 28.7 Å².